The highest BCUT2D eigenvalue weighted by molar-refractivity contribution is 6.34. The molecule has 3 atom stereocenters. The molecule has 34 heavy (non-hydrogen) atoms. The Bertz CT molecular complexity index is 1090. The number of alkyl halides is 3. The molecule has 1 N–H and O–H groups in total. The van der Waals surface area contributed by atoms with Crippen molar-refractivity contribution in [1.29, 1.82) is 0 Å². The first-order chi connectivity index (χ1) is 16.0. The van der Waals surface area contributed by atoms with E-state index in [9.17, 15) is 22.9 Å². The summed E-state index contributed by atoms with van der Waals surface area (Å²) < 4.78 is 46.6. The van der Waals surface area contributed by atoms with Gasteiger partial charge in [0.1, 0.15) is 6.04 Å². The van der Waals surface area contributed by atoms with Crippen molar-refractivity contribution in [2.45, 2.75) is 50.6 Å². The number of halogens is 5. The van der Waals surface area contributed by atoms with E-state index in [-0.39, 0.29) is 40.1 Å². The number of carbonyl (C=O) groups excluding carboxylic acids is 1. The second kappa shape index (κ2) is 10.9. The molecule has 0 heterocycles. The van der Waals surface area contributed by atoms with E-state index in [4.69, 9.17) is 27.9 Å². The Kier molecular flexibility index (Phi) is 8.38. The number of fused-ring (bicyclic) bond motifs is 1. The smallest absolute Gasteiger partial charge is 0.381 e. The summed E-state index contributed by atoms with van der Waals surface area (Å²) in [5.74, 6) is -0.151. The van der Waals surface area contributed by atoms with Crippen LogP contribution in [0.2, 0.25) is 10.0 Å². The molecule has 3 rings (SSSR count). The number of carbonyl (C=O) groups is 1. The van der Waals surface area contributed by atoms with Crippen LogP contribution < -0.4 is 5.32 Å². The fraction of sp³-hybridized carbons (Fsp3) is 0.375. The van der Waals surface area contributed by atoms with Crippen molar-refractivity contribution < 1.29 is 22.7 Å². The Labute approximate surface area is 205 Å². The van der Waals surface area contributed by atoms with Crippen molar-refractivity contribution in [3.8, 4) is 0 Å². The van der Waals surface area contributed by atoms with Gasteiger partial charge in [-0.2, -0.15) is 13.2 Å². The molecule has 0 fully saturated rings. The Hall–Kier alpha value is -2.42. The van der Waals surface area contributed by atoms with Gasteiger partial charge in [0.15, 0.2) is 0 Å². The van der Waals surface area contributed by atoms with Crippen LogP contribution in [0.1, 0.15) is 54.1 Å². The van der Waals surface area contributed by atoms with Gasteiger partial charge >= 0.3 is 6.18 Å². The molecule has 0 saturated heterocycles. The molecule has 2 aromatic carbocycles. The zero-order chi connectivity index (χ0) is 25.0. The Morgan fingerprint density at radius 1 is 1.24 bits per heavy atom. The van der Waals surface area contributed by atoms with E-state index in [0.29, 0.717) is 18.4 Å². The topological polar surface area (TPSA) is 67.8 Å². The number of amides is 1. The molecular weight excluding hydrogens is 492 g/mol. The van der Waals surface area contributed by atoms with Crippen molar-refractivity contribution in [3.63, 3.8) is 0 Å². The van der Waals surface area contributed by atoms with Crippen LogP contribution in [0.4, 0.5) is 13.2 Å². The highest BCUT2D eigenvalue weighted by Crippen LogP contribution is 2.40. The maximum atomic E-state index is 13.8. The Morgan fingerprint density at radius 2 is 1.91 bits per heavy atom. The van der Waals surface area contributed by atoms with Crippen LogP contribution in [0.25, 0.3) is 5.57 Å². The molecule has 1 aliphatic carbocycles. The zero-order valence-electron chi connectivity index (χ0n) is 18.5. The van der Waals surface area contributed by atoms with Gasteiger partial charge < -0.3 is 10.1 Å². The van der Waals surface area contributed by atoms with Gasteiger partial charge in [-0.25, -0.2) is 0 Å². The number of aryl methyl sites for hydroxylation is 1. The number of hydrogen-bond acceptors (Lipinski definition) is 4. The SMILES string of the molecule is COC(C)CC(=O)NC1CCc2cc(C(/C=C(/c3cc(Cl)cc(Cl)c3)C(F)(F)F)N=O)ccc21. The molecule has 0 aliphatic heterocycles. The normalized spacial score (nSPS) is 17.7. The standard InChI is InChI=1S/C24H23Cl2F3N2O3/c1-13(34-2)7-23(32)30-21-6-4-14-8-15(3-5-19(14)21)22(31-33)12-20(24(27,28)29)16-9-17(25)11-18(26)10-16/h3,5,8-13,21-22H,4,6-7H2,1-2H3,(H,30,32)/b20-12-. The molecule has 3 unspecified atom stereocenters. The largest absolute Gasteiger partial charge is 0.416 e. The van der Waals surface area contributed by atoms with Crippen molar-refractivity contribution >= 4 is 34.7 Å². The number of benzene rings is 2. The second-order valence-electron chi connectivity index (χ2n) is 8.15. The van der Waals surface area contributed by atoms with Gasteiger partial charge in [0, 0.05) is 17.2 Å². The summed E-state index contributed by atoms with van der Waals surface area (Å²) in [5, 5.41) is 5.98. The van der Waals surface area contributed by atoms with Crippen LogP contribution in [0.5, 0.6) is 0 Å². The van der Waals surface area contributed by atoms with E-state index in [1.54, 1.807) is 25.1 Å². The minimum Gasteiger partial charge on any atom is -0.381 e. The minimum atomic E-state index is -4.76. The van der Waals surface area contributed by atoms with E-state index in [0.717, 1.165) is 29.3 Å². The number of nitrogens with one attached hydrogen (secondary N) is 1. The molecule has 0 saturated carbocycles. The van der Waals surface area contributed by atoms with E-state index in [1.807, 2.05) is 0 Å². The molecule has 1 aliphatic rings. The highest BCUT2D eigenvalue weighted by atomic mass is 35.5. The number of ether oxygens (including phenoxy) is 1. The molecule has 0 spiro atoms. The van der Waals surface area contributed by atoms with E-state index in [1.165, 1.54) is 13.2 Å². The average molecular weight is 515 g/mol. The Balaban J connectivity index is 1.89. The lowest BCUT2D eigenvalue weighted by Crippen LogP contribution is -2.29. The van der Waals surface area contributed by atoms with Crippen LogP contribution in [-0.4, -0.2) is 25.3 Å². The van der Waals surface area contributed by atoms with E-state index < -0.39 is 17.8 Å². The molecule has 1 amide bonds. The van der Waals surface area contributed by atoms with E-state index in [2.05, 4.69) is 10.5 Å². The third-order valence-corrected chi connectivity index (χ3v) is 6.15. The van der Waals surface area contributed by atoms with Gasteiger partial charge in [0.25, 0.3) is 0 Å². The lowest BCUT2D eigenvalue weighted by Gasteiger charge is -2.17. The number of hydrogen-bond donors (Lipinski definition) is 1. The summed E-state index contributed by atoms with van der Waals surface area (Å²) in [7, 11) is 1.53. The zero-order valence-corrected chi connectivity index (χ0v) is 20.0. The number of allylic oxidation sites excluding steroid dienone is 1. The van der Waals surface area contributed by atoms with Gasteiger partial charge in [0.05, 0.1) is 24.1 Å². The van der Waals surface area contributed by atoms with Crippen LogP contribution in [0, 0.1) is 4.91 Å². The minimum absolute atomic E-state index is 0.0405. The molecule has 0 bridgehead atoms. The lowest BCUT2D eigenvalue weighted by molar-refractivity contribution is -0.124. The van der Waals surface area contributed by atoms with Gasteiger partial charge in [-0.3, -0.25) is 4.79 Å². The third kappa shape index (κ3) is 6.37. The summed E-state index contributed by atoms with van der Waals surface area (Å²) in [4.78, 5) is 23.8. The van der Waals surface area contributed by atoms with Gasteiger partial charge in [-0.15, -0.1) is 4.91 Å². The van der Waals surface area contributed by atoms with Gasteiger partial charge in [-0.1, -0.05) is 46.6 Å². The lowest BCUT2D eigenvalue weighted by atomic mass is 9.96. The summed E-state index contributed by atoms with van der Waals surface area (Å²) >= 11 is 11.8. The van der Waals surface area contributed by atoms with Crippen LogP contribution in [0.3, 0.4) is 0 Å². The molecule has 2 aromatic rings. The molecule has 182 valence electrons. The molecule has 0 aromatic heterocycles. The number of nitrogens with zero attached hydrogens (tertiary/aromatic N) is 1. The first-order valence-electron chi connectivity index (χ1n) is 10.5. The van der Waals surface area contributed by atoms with Crippen molar-refractivity contribution in [3.05, 3.63) is 79.7 Å². The number of rotatable bonds is 8. The fourth-order valence-electron chi connectivity index (χ4n) is 3.98. The first kappa shape index (κ1) is 26.2. The van der Waals surface area contributed by atoms with E-state index >= 15 is 0 Å². The Morgan fingerprint density at radius 3 is 2.50 bits per heavy atom. The summed E-state index contributed by atoms with van der Waals surface area (Å²) in [6.07, 6.45) is -2.73. The van der Waals surface area contributed by atoms with Crippen LogP contribution >= 0.6 is 23.2 Å². The summed E-state index contributed by atoms with van der Waals surface area (Å²) in [6, 6.07) is 6.95. The maximum Gasteiger partial charge on any atom is 0.416 e. The molecule has 5 nitrogen and oxygen atoms in total. The maximum absolute atomic E-state index is 13.8. The van der Waals surface area contributed by atoms with Gasteiger partial charge in [0.2, 0.25) is 5.91 Å². The predicted octanol–water partition coefficient (Wildman–Crippen LogP) is 6.98. The monoisotopic (exact) mass is 514 g/mol. The number of methoxy groups -OCH3 is 1. The number of nitroso groups, excluding NO2 is 1. The average Bonchev–Trinajstić information content (AvgIpc) is 3.14. The van der Waals surface area contributed by atoms with Gasteiger partial charge in [-0.05, 0) is 66.3 Å². The third-order valence-electron chi connectivity index (χ3n) is 5.71. The predicted molar refractivity (Wildman–Crippen MR) is 126 cm³/mol. The first-order valence-corrected chi connectivity index (χ1v) is 11.3. The quantitative estimate of drug-likeness (QED) is 0.386. The van der Waals surface area contributed by atoms with Crippen molar-refractivity contribution in [2.24, 2.45) is 5.18 Å². The highest BCUT2D eigenvalue weighted by Gasteiger charge is 2.36. The summed E-state index contributed by atoms with van der Waals surface area (Å²) in [5.41, 5.74) is 0.730. The summed E-state index contributed by atoms with van der Waals surface area (Å²) in [6.45, 7) is 1.79. The fourth-order valence-corrected chi connectivity index (χ4v) is 4.50. The van der Waals surface area contributed by atoms with Crippen molar-refractivity contribution in [2.75, 3.05) is 7.11 Å². The molecular formula is C24H23Cl2F3N2O3. The van der Waals surface area contributed by atoms with Crippen LogP contribution in [-0.2, 0) is 16.0 Å². The second-order valence-corrected chi connectivity index (χ2v) is 9.03. The van der Waals surface area contributed by atoms with Crippen molar-refractivity contribution in [1.82, 2.24) is 5.32 Å². The molecule has 0 radical (unpaired) electrons. The molecule has 10 heteroatoms. The van der Waals surface area contributed by atoms with Crippen LogP contribution in [0.15, 0.2) is 47.7 Å².